The van der Waals surface area contributed by atoms with Gasteiger partial charge in [0.2, 0.25) is 0 Å². The number of aryl methyl sites for hydroxylation is 1. The Morgan fingerprint density at radius 1 is 1.38 bits per heavy atom. The van der Waals surface area contributed by atoms with Crippen LogP contribution in [0.5, 0.6) is 0 Å². The fourth-order valence-electron chi connectivity index (χ4n) is 2.73. The van der Waals surface area contributed by atoms with Crippen LogP contribution in [0, 0.1) is 24.6 Å². The molecule has 0 saturated heterocycles. The number of urea groups is 1. The van der Waals surface area contributed by atoms with E-state index in [1.165, 1.54) is 12.1 Å². The summed E-state index contributed by atoms with van der Waals surface area (Å²) in [4.78, 5) is 22.8. The number of rotatable bonds is 4. The predicted octanol–water partition coefficient (Wildman–Crippen LogP) is 2.76. The average molecular weight is 294 g/mol. The highest BCUT2D eigenvalue weighted by atomic mass is 19.1. The number of halogens is 1. The van der Waals surface area contributed by atoms with E-state index in [0.29, 0.717) is 24.2 Å². The maximum absolute atomic E-state index is 13.1. The van der Waals surface area contributed by atoms with Gasteiger partial charge in [0.1, 0.15) is 5.82 Å². The number of hydrogen-bond acceptors (Lipinski definition) is 2. The quantitative estimate of drug-likeness (QED) is 0.799. The number of carbonyl (C=O) groups is 2. The zero-order valence-corrected chi connectivity index (χ0v) is 11.9. The zero-order chi connectivity index (χ0) is 15.4. The van der Waals surface area contributed by atoms with Crippen molar-refractivity contribution in [2.75, 3.05) is 11.9 Å². The van der Waals surface area contributed by atoms with E-state index in [9.17, 15) is 14.0 Å². The number of carbonyl (C=O) groups excluding carboxylic acids is 1. The Morgan fingerprint density at radius 3 is 2.81 bits per heavy atom. The molecule has 114 valence electrons. The van der Waals surface area contributed by atoms with Gasteiger partial charge in [-0.1, -0.05) is 6.42 Å². The smallest absolute Gasteiger partial charge is 0.319 e. The molecule has 1 fully saturated rings. The van der Waals surface area contributed by atoms with Crippen LogP contribution in [-0.2, 0) is 4.79 Å². The van der Waals surface area contributed by atoms with E-state index >= 15 is 0 Å². The minimum Gasteiger partial charge on any atom is -0.481 e. The second-order valence-electron chi connectivity index (χ2n) is 5.43. The number of aliphatic carboxylic acids is 1. The Kier molecular flexibility index (Phi) is 4.77. The van der Waals surface area contributed by atoms with Crippen LogP contribution in [-0.4, -0.2) is 23.7 Å². The van der Waals surface area contributed by atoms with Crippen molar-refractivity contribution in [1.82, 2.24) is 5.32 Å². The van der Waals surface area contributed by atoms with Crippen molar-refractivity contribution in [1.29, 1.82) is 0 Å². The normalized spacial score (nSPS) is 21.0. The van der Waals surface area contributed by atoms with Crippen molar-refractivity contribution >= 4 is 17.7 Å². The Labute approximate surface area is 122 Å². The lowest BCUT2D eigenvalue weighted by Gasteiger charge is -2.16. The lowest BCUT2D eigenvalue weighted by atomic mass is 9.96. The molecule has 0 bridgehead atoms. The molecule has 0 spiro atoms. The zero-order valence-electron chi connectivity index (χ0n) is 11.9. The summed E-state index contributed by atoms with van der Waals surface area (Å²) in [5.74, 6) is -1.52. The Morgan fingerprint density at radius 2 is 2.14 bits per heavy atom. The van der Waals surface area contributed by atoms with E-state index in [0.717, 1.165) is 12.8 Å². The summed E-state index contributed by atoms with van der Waals surface area (Å²) in [6, 6.07) is 3.92. The average Bonchev–Trinajstić information content (AvgIpc) is 2.89. The summed E-state index contributed by atoms with van der Waals surface area (Å²) in [6.45, 7) is 1.96. The highest BCUT2D eigenvalue weighted by Crippen LogP contribution is 2.31. The van der Waals surface area contributed by atoms with Gasteiger partial charge < -0.3 is 15.7 Å². The van der Waals surface area contributed by atoms with Crippen LogP contribution in [0.25, 0.3) is 0 Å². The number of hydrogen-bond donors (Lipinski definition) is 3. The molecule has 0 aliphatic heterocycles. The van der Waals surface area contributed by atoms with E-state index in [1.807, 2.05) is 0 Å². The fourth-order valence-corrected chi connectivity index (χ4v) is 2.73. The molecule has 2 rings (SSSR count). The molecule has 1 aliphatic carbocycles. The fraction of sp³-hybridized carbons (Fsp3) is 0.467. The first kappa shape index (κ1) is 15.3. The first-order chi connectivity index (χ1) is 9.97. The number of benzene rings is 1. The largest absolute Gasteiger partial charge is 0.481 e. The molecule has 2 unspecified atom stereocenters. The third kappa shape index (κ3) is 3.93. The molecule has 1 aromatic carbocycles. The van der Waals surface area contributed by atoms with Gasteiger partial charge in [-0.2, -0.15) is 0 Å². The summed E-state index contributed by atoms with van der Waals surface area (Å²) < 4.78 is 13.1. The SMILES string of the molecule is Cc1cc(NC(=O)NCC2CCCC2C(=O)O)ccc1F. The van der Waals surface area contributed by atoms with Crippen molar-refractivity contribution in [2.45, 2.75) is 26.2 Å². The first-order valence-corrected chi connectivity index (χ1v) is 7.01. The topological polar surface area (TPSA) is 78.4 Å². The minimum atomic E-state index is -0.797. The molecule has 6 heteroatoms. The molecule has 1 aliphatic rings. The molecule has 3 N–H and O–H groups in total. The number of amides is 2. The van der Waals surface area contributed by atoms with Crippen molar-refractivity contribution in [3.8, 4) is 0 Å². The van der Waals surface area contributed by atoms with Crippen LogP contribution >= 0.6 is 0 Å². The molecule has 2 atom stereocenters. The summed E-state index contributed by atoms with van der Waals surface area (Å²) in [7, 11) is 0. The summed E-state index contributed by atoms with van der Waals surface area (Å²) in [5, 5.41) is 14.4. The Hall–Kier alpha value is -2.11. The van der Waals surface area contributed by atoms with Crippen LogP contribution in [0.1, 0.15) is 24.8 Å². The number of carboxylic acid groups (broad SMARTS) is 1. The second-order valence-corrected chi connectivity index (χ2v) is 5.43. The standard InChI is InChI=1S/C15H19FN2O3/c1-9-7-11(5-6-13(9)16)18-15(21)17-8-10-3-2-4-12(10)14(19)20/h5-7,10,12H,2-4,8H2,1H3,(H,19,20)(H2,17,18,21). The van der Waals surface area contributed by atoms with Crippen LogP contribution in [0.4, 0.5) is 14.9 Å². The van der Waals surface area contributed by atoms with Crippen molar-refractivity contribution < 1.29 is 19.1 Å². The number of nitrogens with one attached hydrogen (secondary N) is 2. The number of carboxylic acids is 1. The molecule has 21 heavy (non-hydrogen) atoms. The van der Waals surface area contributed by atoms with E-state index < -0.39 is 12.0 Å². The molecule has 1 aromatic rings. The van der Waals surface area contributed by atoms with Gasteiger partial charge in [0.25, 0.3) is 0 Å². The van der Waals surface area contributed by atoms with E-state index in [2.05, 4.69) is 10.6 Å². The molecule has 5 nitrogen and oxygen atoms in total. The van der Waals surface area contributed by atoms with Gasteiger partial charge in [-0.3, -0.25) is 4.79 Å². The predicted molar refractivity (Wildman–Crippen MR) is 76.6 cm³/mol. The lowest BCUT2D eigenvalue weighted by molar-refractivity contribution is -0.142. The molecular formula is C15H19FN2O3. The van der Waals surface area contributed by atoms with Crippen molar-refractivity contribution in [3.05, 3.63) is 29.6 Å². The molecular weight excluding hydrogens is 275 g/mol. The van der Waals surface area contributed by atoms with Gasteiger partial charge in [-0.15, -0.1) is 0 Å². The monoisotopic (exact) mass is 294 g/mol. The third-order valence-electron chi connectivity index (χ3n) is 3.92. The van der Waals surface area contributed by atoms with Crippen LogP contribution in [0.2, 0.25) is 0 Å². The summed E-state index contributed by atoms with van der Waals surface area (Å²) >= 11 is 0. The van der Waals surface area contributed by atoms with Gasteiger partial charge in [0.05, 0.1) is 5.92 Å². The highest BCUT2D eigenvalue weighted by molar-refractivity contribution is 5.89. The van der Waals surface area contributed by atoms with E-state index in [4.69, 9.17) is 5.11 Å². The lowest BCUT2D eigenvalue weighted by Crippen LogP contribution is -2.35. The van der Waals surface area contributed by atoms with Crippen LogP contribution in [0.15, 0.2) is 18.2 Å². The van der Waals surface area contributed by atoms with Crippen LogP contribution < -0.4 is 10.6 Å². The first-order valence-electron chi connectivity index (χ1n) is 7.01. The van der Waals surface area contributed by atoms with Gasteiger partial charge >= 0.3 is 12.0 Å². The molecule has 0 radical (unpaired) electrons. The maximum Gasteiger partial charge on any atom is 0.319 e. The van der Waals surface area contributed by atoms with E-state index in [-0.39, 0.29) is 17.7 Å². The minimum absolute atomic E-state index is 0.0248. The van der Waals surface area contributed by atoms with E-state index in [1.54, 1.807) is 13.0 Å². The third-order valence-corrected chi connectivity index (χ3v) is 3.92. The van der Waals surface area contributed by atoms with Crippen molar-refractivity contribution in [2.24, 2.45) is 11.8 Å². The van der Waals surface area contributed by atoms with Gasteiger partial charge in [-0.25, -0.2) is 9.18 Å². The molecule has 0 heterocycles. The highest BCUT2D eigenvalue weighted by Gasteiger charge is 2.32. The van der Waals surface area contributed by atoms with Gasteiger partial charge in [-0.05, 0) is 49.4 Å². The van der Waals surface area contributed by atoms with Gasteiger partial charge in [0.15, 0.2) is 0 Å². The maximum atomic E-state index is 13.1. The van der Waals surface area contributed by atoms with Crippen LogP contribution in [0.3, 0.4) is 0 Å². The molecule has 2 amide bonds. The van der Waals surface area contributed by atoms with Crippen molar-refractivity contribution in [3.63, 3.8) is 0 Å². The summed E-state index contributed by atoms with van der Waals surface area (Å²) in [5.41, 5.74) is 0.960. The Balaban J connectivity index is 1.84. The molecule has 1 saturated carbocycles. The Bertz CT molecular complexity index is 548. The van der Waals surface area contributed by atoms with Gasteiger partial charge in [0, 0.05) is 12.2 Å². The molecule has 0 aromatic heterocycles. The summed E-state index contributed by atoms with van der Waals surface area (Å²) in [6.07, 6.45) is 2.36. The number of anilines is 1. The second kappa shape index (κ2) is 6.56.